The van der Waals surface area contributed by atoms with E-state index >= 15 is 0 Å². The molecule has 0 unspecified atom stereocenters. The second-order valence-corrected chi connectivity index (χ2v) is 5.16. The lowest BCUT2D eigenvalue weighted by atomic mass is 9.89. The van der Waals surface area contributed by atoms with E-state index in [0.717, 1.165) is 6.54 Å². The van der Waals surface area contributed by atoms with Crippen LogP contribution in [0.5, 0.6) is 0 Å². The van der Waals surface area contributed by atoms with Crippen LogP contribution in [0.3, 0.4) is 0 Å². The van der Waals surface area contributed by atoms with E-state index in [0.29, 0.717) is 16.5 Å². The smallest absolute Gasteiger partial charge is 0.251 e. The average molecular weight is 252 g/mol. The van der Waals surface area contributed by atoms with Crippen molar-refractivity contribution < 1.29 is 4.79 Å². The van der Waals surface area contributed by atoms with E-state index < -0.39 is 0 Å². The lowest BCUT2D eigenvalue weighted by molar-refractivity contribution is 0.0943. The van der Waals surface area contributed by atoms with Gasteiger partial charge in [0.05, 0.1) is 0 Å². The predicted octanol–water partition coefficient (Wildman–Crippen LogP) is 3.65. The summed E-state index contributed by atoms with van der Waals surface area (Å²) in [5.41, 5.74) is 0.685. The van der Waals surface area contributed by atoms with E-state index in [9.17, 15) is 4.79 Å². The number of halogens is 1. The highest BCUT2D eigenvalue weighted by atomic mass is 35.5. The first-order valence-electron chi connectivity index (χ1n) is 6.29. The minimum atomic E-state index is 0.00670. The van der Waals surface area contributed by atoms with Gasteiger partial charge in [-0.25, -0.2) is 0 Å². The highest BCUT2D eigenvalue weighted by Crippen LogP contribution is 2.22. The predicted molar refractivity (Wildman–Crippen MR) is 70.4 cm³/mol. The first-order chi connectivity index (χ1) is 8.25. The van der Waals surface area contributed by atoms with Crippen molar-refractivity contribution in [2.45, 2.75) is 32.1 Å². The van der Waals surface area contributed by atoms with Gasteiger partial charge in [-0.3, -0.25) is 4.79 Å². The molecule has 1 saturated carbocycles. The maximum Gasteiger partial charge on any atom is 0.251 e. The zero-order chi connectivity index (χ0) is 12.1. The summed E-state index contributed by atoms with van der Waals surface area (Å²) in [6, 6.07) is 7.02. The first kappa shape index (κ1) is 12.4. The van der Waals surface area contributed by atoms with Gasteiger partial charge < -0.3 is 5.32 Å². The minimum absolute atomic E-state index is 0.00670. The van der Waals surface area contributed by atoms with E-state index in [4.69, 9.17) is 11.6 Å². The zero-order valence-electron chi connectivity index (χ0n) is 9.92. The third-order valence-corrected chi connectivity index (χ3v) is 3.63. The number of nitrogens with one attached hydrogen (secondary N) is 1. The summed E-state index contributed by atoms with van der Waals surface area (Å²) in [7, 11) is 0. The molecule has 1 aliphatic rings. The minimum Gasteiger partial charge on any atom is -0.352 e. The highest BCUT2D eigenvalue weighted by molar-refractivity contribution is 6.30. The molecule has 1 amide bonds. The van der Waals surface area contributed by atoms with Crippen LogP contribution < -0.4 is 5.32 Å². The van der Waals surface area contributed by atoms with Gasteiger partial charge in [-0.15, -0.1) is 0 Å². The molecule has 0 atom stereocenters. The topological polar surface area (TPSA) is 29.1 Å². The van der Waals surface area contributed by atoms with Crippen LogP contribution in [0.2, 0.25) is 5.02 Å². The molecule has 0 heterocycles. The molecule has 2 nitrogen and oxygen atoms in total. The van der Waals surface area contributed by atoms with Gasteiger partial charge in [0.2, 0.25) is 0 Å². The van der Waals surface area contributed by atoms with Crippen molar-refractivity contribution in [3.63, 3.8) is 0 Å². The highest BCUT2D eigenvalue weighted by Gasteiger charge is 2.14. The molecule has 1 fully saturated rings. The lowest BCUT2D eigenvalue weighted by Crippen LogP contribution is -2.30. The van der Waals surface area contributed by atoms with E-state index in [-0.39, 0.29) is 5.91 Å². The summed E-state index contributed by atoms with van der Waals surface area (Å²) in [5.74, 6) is 0.673. The van der Waals surface area contributed by atoms with Crippen LogP contribution in [0, 0.1) is 5.92 Å². The van der Waals surface area contributed by atoms with Crippen molar-refractivity contribution in [1.82, 2.24) is 5.32 Å². The quantitative estimate of drug-likeness (QED) is 0.873. The van der Waals surface area contributed by atoms with Crippen LogP contribution in [-0.4, -0.2) is 12.5 Å². The number of carbonyl (C=O) groups is 1. The summed E-state index contributed by atoms with van der Waals surface area (Å²) in [6.07, 6.45) is 6.46. The third-order valence-electron chi connectivity index (χ3n) is 3.38. The van der Waals surface area contributed by atoms with Crippen molar-refractivity contribution in [1.29, 1.82) is 0 Å². The van der Waals surface area contributed by atoms with Crippen molar-refractivity contribution in [3.05, 3.63) is 34.9 Å². The second kappa shape index (κ2) is 6.06. The molecule has 2 rings (SSSR count). The van der Waals surface area contributed by atoms with E-state index in [1.807, 2.05) is 0 Å². The van der Waals surface area contributed by atoms with Crippen LogP contribution in [0.15, 0.2) is 24.3 Å². The van der Waals surface area contributed by atoms with Crippen LogP contribution in [0.25, 0.3) is 0 Å². The fourth-order valence-corrected chi connectivity index (χ4v) is 2.46. The fraction of sp³-hybridized carbons (Fsp3) is 0.500. The Balaban J connectivity index is 1.82. The number of hydrogen-bond donors (Lipinski definition) is 1. The van der Waals surface area contributed by atoms with Gasteiger partial charge in [0.25, 0.3) is 5.91 Å². The summed E-state index contributed by atoms with van der Waals surface area (Å²) < 4.78 is 0. The molecule has 1 aromatic carbocycles. The molecule has 1 aliphatic carbocycles. The number of hydrogen-bond acceptors (Lipinski definition) is 1. The van der Waals surface area contributed by atoms with Gasteiger partial charge in [-0.05, 0) is 43.0 Å². The van der Waals surface area contributed by atoms with E-state index in [1.54, 1.807) is 24.3 Å². The molecule has 1 aromatic rings. The number of rotatable bonds is 3. The Kier molecular flexibility index (Phi) is 4.43. The molecule has 0 radical (unpaired) electrons. The number of amides is 1. The zero-order valence-corrected chi connectivity index (χ0v) is 10.7. The maximum absolute atomic E-state index is 11.8. The molecule has 17 heavy (non-hydrogen) atoms. The summed E-state index contributed by atoms with van der Waals surface area (Å²) >= 11 is 5.78. The number of benzene rings is 1. The van der Waals surface area contributed by atoms with Crippen LogP contribution >= 0.6 is 11.6 Å². The molecule has 0 bridgehead atoms. The number of carbonyl (C=O) groups excluding carboxylic acids is 1. The molecule has 0 saturated heterocycles. The van der Waals surface area contributed by atoms with E-state index in [2.05, 4.69) is 5.32 Å². The van der Waals surface area contributed by atoms with Crippen LogP contribution in [0.1, 0.15) is 42.5 Å². The van der Waals surface area contributed by atoms with E-state index in [1.165, 1.54) is 32.1 Å². The molecule has 0 spiro atoms. The first-order valence-corrected chi connectivity index (χ1v) is 6.67. The van der Waals surface area contributed by atoms with Gasteiger partial charge in [-0.1, -0.05) is 30.9 Å². The molecular weight excluding hydrogens is 234 g/mol. The van der Waals surface area contributed by atoms with Crippen LogP contribution in [0.4, 0.5) is 0 Å². The van der Waals surface area contributed by atoms with Gasteiger partial charge in [-0.2, -0.15) is 0 Å². The third kappa shape index (κ3) is 3.74. The Labute approximate surface area is 107 Å². The largest absolute Gasteiger partial charge is 0.352 e. The summed E-state index contributed by atoms with van der Waals surface area (Å²) in [5, 5.41) is 3.67. The van der Waals surface area contributed by atoms with Crippen molar-refractivity contribution in [2.75, 3.05) is 6.54 Å². The molecule has 1 N–H and O–H groups in total. The average Bonchev–Trinajstić information content (AvgIpc) is 2.38. The Hall–Kier alpha value is -1.02. The monoisotopic (exact) mass is 251 g/mol. The van der Waals surface area contributed by atoms with Gasteiger partial charge in [0, 0.05) is 17.1 Å². The molecular formula is C14H18ClNO. The Morgan fingerprint density at radius 1 is 1.18 bits per heavy atom. The second-order valence-electron chi connectivity index (χ2n) is 4.72. The molecule has 0 aromatic heterocycles. The summed E-state index contributed by atoms with van der Waals surface area (Å²) in [6.45, 7) is 0.807. The standard InChI is InChI=1S/C14H18ClNO/c15-13-8-6-12(7-9-13)14(17)16-10-11-4-2-1-3-5-11/h6-9,11H,1-5,10H2,(H,16,17). The SMILES string of the molecule is O=C(NCC1CCCCC1)c1ccc(Cl)cc1. The van der Waals surface area contributed by atoms with Crippen LogP contribution in [-0.2, 0) is 0 Å². The normalized spacial score (nSPS) is 16.8. The molecule has 3 heteroatoms. The Bertz CT molecular complexity index is 368. The van der Waals surface area contributed by atoms with Gasteiger partial charge in [0.15, 0.2) is 0 Å². The van der Waals surface area contributed by atoms with Crippen molar-refractivity contribution >= 4 is 17.5 Å². The Morgan fingerprint density at radius 2 is 1.82 bits per heavy atom. The molecule has 0 aliphatic heterocycles. The summed E-state index contributed by atoms with van der Waals surface area (Å²) in [4.78, 5) is 11.8. The van der Waals surface area contributed by atoms with Crippen molar-refractivity contribution in [3.8, 4) is 0 Å². The maximum atomic E-state index is 11.8. The van der Waals surface area contributed by atoms with Crippen molar-refractivity contribution in [2.24, 2.45) is 5.92 Å². The lowest BCUT2D eigenvalue weighted by Gasteiger charge is -2.21. The molecule has 92 valence electrons. The van der Waals surface area contributed by atoms with Gasteiger partial charge >= 0.3 is 0 Å². The Morgan fingerprint density at radius 3 is 2.47 bits per heavy atom. The fourth-order valence-electron chi connectivity index (χ4n) is 2.33. The van der Waals surface area contributed by atoms with Gasteiger partial charge in [0.1, 0.15) is 0 Å².